The van der Waals surface area contributed by atoms with Gasteiger partial charge in [-0.15, -0.1) is 10.2 Å². The topological polar surface area (TPSA) is 77.0 Å². The number of rotatable bonds is 1. The highest BCUT2D eigenvalue weighted by atomic mass is 16.5. The summed E-state index contributed by atoms with van der Waals surface area (Å²) in [6.45, 7) is 5.13. The number of carbonyl (C=O) groups is 1. The number of nitrogens with zero attached hydrogens (tertiary/aromatic N) is 5. The Morgan fingerprint density at radius 2 is 2.09 bits per heavy atom. The Bertz CT molecular complexity index is 732. The van der Waals surface area contributed by atoms with Gasteiger partial charge in [0.25, 0.3) is 5.91 Å². The van der Waals surface area contributed by atoms with Crippen molar-refractivity contribution in [1.82, 2.24) is 24.8 Å². The highest BCUT2D eigenvalue weighted by Crippen LogP contribution is 2.27. The van der Waals surface area contributed by atoms with Crippen LogP contribution < -0.4 is 0 Å². The summed E-state index contributed by atoms with van der Waals surface area (Å²) in [6, 6.07) is 0.168. The van der Waals surface area contributed by atoms with Crippen LogP contribution in [0, 0.1) is 6.92 Å². The third kappa shape index (κ3) is 1.95. The Labute approximate surface area is 128 Å². The Morgan fingerprint density at radius 3 is 2.95 bits per heavy atom. The highest BCUT2D eigenvalue weighted by molar-refractivity contribution is 5.93. The molecule has 2 aliphatic rings. The quantitative estimate of drug-likeness (QED) is 0.800. The van der Waals surface area contributed by atoms with Gasteiger partial charge in [0.1, 0.15) is 5.82 Å². The zero-order valence-electron chi connectivity index (χ0n) is 12.9. The molecular weight excluding hydrogens is 282 g/mol. The van der Waals surface area contributed by atoms with Gasteiger partial charge in [0, 0.05) is 12.1 Å². The summed E-state index contributed by atoms with van der Waals surface area (Å²) in [5.41, 5.74) is 1.96. The van der Waals surface area contributed by atoms with Crippen LogP contribution in [0.4, 0.5) is 0 Å². The first-order chi connectivity index (χ1) is 10.6. The van der Waals surface area contributed by atoms with Crippen molar-refractivity contribution in [3.05, 3.63) is 28.7 Å². The molecule has 1 aliphatic carbocycles. The maximum absolute atomic E-state index is 12.8. The van der Waals surface area contributed by atoms with Crippen LogP contribution in [0.3, 0.4) is 0 Å². The van der Waals surface area contributed by atoms with Crippen LogP contribution in [0.1, 0.15) is 59.3 Å². The lowest BCUT2D eigenvalue weighted by Gasteiger charge is -2.31. The summed E-state index contributed by atoms with van der Waals surface area (Å²) in [7, 11) is 0. The Hall–Kier alpha value is -2.18. The molecule has 0 saturated carbocycles. The third-order valence-corrected chi connectivity index (χ3v) is 4.64. The van der Waals surface area contributed by atoms with Crippen LogP contribution in [0.25, 0.3) is 0 Å². The van der Waals surface area contributed by atoms with Crippen LogP contribution in [-0.4, -0.2) is 37.3 Å². The molecule has 22 heavy (non-hydrogen) atoms. The number of amides is 1. The second-order valence-electron chi connectivity index (χ2n) is 6.21. The van der Waals surface area contributed by atoms with Crippen molar-refractivity contribution in [2.45, 2.75) is 52.1 Å². The Balaban J connectivity index is 1.63. The molecule has 4 rings (SSSR count). The minimum Gasteiger partial charge on any atom is -0.350 e. The second kappa shape index (κ2) is 4.93. The normalized spacial score (nSPS) is 20.6. The van der Waals surface area contributed by atoms with Crippen LogP contribution in [-0.2, 0) is 19.4 Å². The molecule has 7 heteroatoms. The average molecular weight is 301 g/mol. The average Bonchev–Trinajstić information content (AvgIpc) is 3.11. The predicted molar refractivity (Wildman–Crippen MR) is 77.4 cm³/mol. The van der Waals surface area contributed by atoms with E-state index < -0.39 is 0 Å². The van der Waals surface area contributed by atoms with E-state index in [1.807, 2.05) is 6.92 Å². The van der Waals surface area contributed by atoms with E-state index in [1.54, 1.807) is 4.90 Å². The maximum atomic E-state index is 12.8. The second-order valence-corrected chi connectivity index (χ2v) is 6.21. The minimum atomic E-state index is -0.0746. The molecule has 0 fully saturated rings. The maximum Gasteiger partial charge on any atom is 0.293 e. The van der Waals surface area contributed by atoms with Crippen molar-refractivity contribution in [3.63, 3.8) is 0 Å². The van der Waals surface area contributed by atoms with E-state index in [1.165, 1.54) is 0 Å². The van der Waals surface area contributed by atoms with Crippen molar-refractivity contribution in [1.29, 1.82) is 0 Å². The first-order valence-corrected chi connectivity index (χ1v) is 7.82. The fourth-order valence-electron chi connectivity index (χ4n) is 3.59. The first kappa shape index (κ1) is 13.5. The van der Waals surface area contributed by atoms with Gasteiger partial charge in [0.05, 0.1) is 18.3 Å². The number of hydrogen-bond acceptors (Lipinski definition) is 5. The number of carbonyl (C=O) groups excluding carboxylic acids is 1. The summed E-state index contributed by atoms with van der Waals surface area (Å²) in [6.07, 6.45) is 4.02. The van der Waals surface area contributed by atoms with Gasteiger partial charge in [-0.2, -0.15) is 0 Å². The van der Waals surface area contributed by atoms with E-state index in [2.05, 4.69) is 26.8 Å². The molecule has 1 aliphatic heterocycles. The van der Waals surface area contributed by atoms with Gasteiger partial charge in [-0.05, 0) is 39.5 Å². The predicted octanol–water partition coefficient (Wildman–Crippen LogP) is 1.67. The van der Waals surface area contributed by atoms with Crippen LogP contribution >= 0.6 is 0 Å². The van der Waals surface area contributed by atoms with E-state index in [4.69, 9.17) is 4.52 Å². The molecule has 116 valence electrons. The van der Waals surface area contributed by atoms with Crippen molar-refractivity contribution in [3.8, 4) is 0 Å². The van der Waals surface area contributed by atoms with E-state index in [0.29, 0.717) is 18.8 Å². The zero-order valence-corrected chi connectivity index (χ0v) is 12.9. The van der Waals surface area contributed by atoms with Gasteiger partial charge in [0.15, 0.2) is 5.82 Å². The van der Waals surface area contributed by atoms with Gasteiger partial charge in [-0.1, -0.05) is 5.16 Å². The van der Waals surface area contributed by atoms with Gasteiger partial charge in [-0.25, -0.2) is 0 Å². The van der Waals surface area contributed by atoms with Gasteiger partial charge in [0.2, 0.25) is 5.76 Å². The van der Waals surface area contributed by atoms with Gasteiger partial charge in [-0.3, -0.25) is 4.79 Å². The van der Waals surface area contributed by atoms with E-state index in [9.17, 15) is 4.79 Å². The van der Waals surface area contributed by atoms with Gasteiger partial charge >= 0.3 is 0 Å². The molecule has 2 aromatic heterocycles. The summed E-state index contributed by atoms with van der Waals surface area (Å²) in [5, 5.41) is 12.4. The third-order valence-electron chi connectivity index (χ3n) is 4.64. The number of aromatic nitrogens is 4. The summed E-state index contributed by atoms with van der Waals surface area (Å²) < 4.78 is 7.47. The molecule has 3 heterocycles. The van der Waals surface area contributed by atoms with Gasteiger partial charge < -0.3 is 14.0 Å². The lowest BCUT2D eigenvalue weighted by Crippen LogP contribution is -2.40. The molecule has 0 N–H and O–H groups in total. The van der Waals surface area contributed by atoms with E-state index in [-0.39, 0.29) is 11.9 Å². The molecule has 0 bridgehead atoms. The SMILES string of the molecule is Cc1nnc2n1[C@@H](C)CN(C(=O)c1onc3c1CCCC3)C2. The Morgan fingerprint density at radius 1 is 1.27 bits per heavy atom. The highest BCUT2D eigenvalue weighted by Gasteiger charge is 2.33. The molecule has 0 saturated heterocycles. The monoisotopic (exact) mass is 301 g/mol. The molecule has 0 radical (unpaired) electrons. The van der Waals surface area contributed by atoms with Crippen molar-refractivity contribution < 1.29 is 9.32 Å². The smallest absolute Gasteiger partial charge is 0.293 e. The fraction of sp³-hybridized carbons (Fsp3) is 0.600. The number of aryl methyl sites for hydroxylation is 2. The van der Waals surface area contributed by atoms with E-state index in [0.717, 1.165) is 48.6 Å². The molecule has 0 unspecified atom stereocenters. The lowest BCUT2D eigenvalue weighted by molar-refractivity contribution is 0.0636. The summed E-state index contributed by atoms with van der Waals surface area (Å²) >= 11 is 0. The zero-order chi connectivity index (χ0) is 15.3. The molecule has 1 amide bonds. The number of fused-ring (bicyclic) bond motifs is 2. The largest absolute Gasteiger partial charge is 0.350 e. The van der Waals surface area contributed by atoms with Crippen LogP contribution in [0.15, 0.2) is 4.52 Å². The minimum absolute atomic E-state index is 0.0746. The standard InChI is InChI=1S/C15H19N5O2/c1-9-7-19(8-13-17-16-10(2)20(9)13)15(21)14-11-5-3-4-6-12(11)18-22-14/h9H,3-8H2,1-2H3/t9-/m0/s1. The Kier molecular flexibility index (Phi) is 3.02. The van der Waals surface area contributed by atoms with Crippen LogP contribution in [0.2, 0.25) is 0 Å². The molecule has 1 atom stereocenters. The van der Waals surface area contributed by atoms with Crippen molar-refractivity contribution in [2.24, 2.45) is 0 Å². The summed E-state index contributed by atoms with van der Waals surface area (Å²) in [4.78, 5) is 14.6. The van der Waals surface area contributed by atoms with Crippen LogP contribution in [0.5, 0.6) is 0 Å². The van der Waals surface area contributed by atoms with Crippen molar-refractivity contribution >= 4 is 5.91 Å². The van der Waals surface area contributed by atoms with E-state index >= 15 is 0 Å². The van der Waals surface area contributed by atoms with Crippen molar-refractivity contribution in [2.75, 3.05) is 6.54 Å². The fourth-order valence-corrected chi connectivity index (χ4v) is 3.59. The molecule has 0 spiro atoms. The molecular formula is C15H19N5O2. The summed E-state index contributed by atoms with van der Waals surface area (Å²) in [5.74, 6) is 2.07. The molecule has 2 aromatic rings. The lowest BCUT2D eigenvalue weighted by atomic mass is 9.96. The first-order valence-electron chi connectivity index (χ1n) is 7.82. The molecule has 0 aromatic carbocycles. The number of hydrogen-bond donors (Lipinski definition) is 0. The molecule has 7 nitrogen and oxygen atoms in total.